The van der Waals surface area contributed by atoms with E-state index in [1.807, 2.05) is 6.07 Å². The molecular formula is C17H18ClN5OS. The van der Waals surface area contributed by atoms with Gasteiger partial charge in [0.05, 0.1) is 5.02 Å². The molecule has 130 valence electrons. The van der Waals surface area contributed by atoms with Crippen molar-refractivity contribution in [1.82, 2.24) is 19.3 Å². The Morgan fingerprint density at radius 2 is 2.12 bits per heavy atom. The number of methoxy groups -OCH3 is 1. The smallest absolute Gasteiger partial charge is 0.205 e. The van der Waals surface area contributed by atoms with Crippen LogP contribution in [-0.2, 0) is 11.3 Å². The Bertz CT molecular complexity index is 878. The van der Waals surface area contributed by atoms with Crippen molar-refractivity contribution in [3.8, 4) is 0 Å². The molecule has 4 rings (SSSR count). The zero-order chi connectivity index (χ0) is 17.2. The summed E-state index contributed by atoms with van der Waals surface area (Å²) in [5, 5.41) is 2.60. The number of hydrogen-bond donors (Lipinski definition) is 0. The molecule has 0 bridgehead atoms. The highest BCUT2D eigenvalue weighted by atomic mass is 35.5. The van der Waals surface area contributed by atoms with Gasteiger partial charge in [0.25, 0.3) is 0 Å². The van der Waals surface area contributed by atoms with Crippen LogP contribution in [0.3, 0.4) is 0 Å². The maximum Gasteiger partial charge on any atom is 0.205 e. The van der Waals surface area contributed by atoms with Crippen LogP contribution in [0.1, 0.15) is 30.3 Å². The van der Waals surface area contributed by atoms with Crippen molar-refractivity contribution in [2.45, 2.75) is 25.4 Å². The molecule has 4 heterocycles. The molecule has 3 aromatic rings. The van der Waals surface area contributed by atoms with Crippen molar-refractivity contribution in [2.24, 2.45) is 0 Å². The molecule has 0 amide bonds. The quantitative estimate of drug-likeness (QED) is 0.693. The lowest BCUT2D eigenvalue weighted by Gasteiger charge is -2.31. The van der Waals surface area contributed by atoms with E-state index in [4.69, 9.17) is 21.3 Å². The van der Waals surface area contributed by atoms with Gasteiger partial charge in [-0.25, -0.2) is 15.0 Å². The molecule has 0 saturated carbocycles. The Morgan fingerprint density at radius 1 is 1.28 bits per heavy atom. The van der Waals surface area contributed by atoms with Crippen LogP contribution in [0.15, 0.2) is 24.4 Å². The normalized spacial score (nSPS) is 15.8. The van der Waals surface area contributed by atoms with E-state index < -0.39 is 0 Å². The summed E-state index contributed by atoms with van der Waals surface area (Å²) >= 11 is 7.43. The Hall–Kier alpha value is -1.83. The van der Waals surface area contributed by atoms with Crippen LogP contribution in [0, 0.1) is 0 Å². The third-order valence-corrected chi connectivity index (χ3v) is 5.47. The average Bonchev–Trinajstić information content (AvgIpc) is 3.10. The molecule has 8 heteroatoms. The van der Waals surface area contributed by atoms with Gasteiger partial charge in [0.15, 0.2) is 11.5 Å². The first kappa shape index (κ1) is 16.6. The minimum Gasteiger partial charge on any atom is -0.377 e. The number of fused-ring (bicyclic) bond motifs is 1. The molecule has 1 saturated heterocycles. The number of rotatable bonds is 4. The number of anilines is 1. The number of hydrogen-bond acceptors (Lipinski definition) is 7. The Balaban J connectivity index is 1.45. The number of nitrogens with zero attached hydrogens (tertiary/aromatic N) is 5. The standard InChI is InChI=1S/C17H18ClN5OS/c1-24-10-15-21-17(25-22-15)23-6-4-11(5-7-23)14-3-2-12-8-13(18)9-19-16(12)20-14/h2-3,8-9,11H,4-7,10H2,1H3. The van der Waals surface area contributed by atoms with Gasteiger partial charge in [-0.15, -0.1) is 0 Å². The Morgan fingerprint density at radius 3 is 2.92 bits per heavy atom. The third-order valence-electron chi connectivity index (χ3n) is 4.44. The second-order valence-electron chi connectivity index (χ2n) is 6.12. The van der Waals surface area contributed by atoms with Crippen LogP contribution in [0.4, 0.5) is 5.13 Å². The molecule has 0 aromatic carbocycles. The summed E-state index contributed by atoms with van der Waals surface area (Å²) < 4.78 is 9.42. The fourth-order valence-electron chi connectivity index (χ4n) is 3.15. The monoisotopic (exact) mass is 375 g/mol. The summed E-state index contributed by atoms with van der Waals surface area (Å²) in [4.78, 5) is 15.9. The van der Waals surface area contributed by atoms with Crippen molar-refractivity contribution in [1.29, 1.82) is 0 Å². The van der Waals surface area contributed by atoms with Crippen LogP contribution in [0.2, 0.25) is 5.02 Å². The van der Waals surface area contributed by atoms with Gasteiger partial charge in [-0.1, -0.05) is 11.6 Å². The van der Waals surface area contributed by atoms with Gasteiger partial charge >= 0.3 is 0 Å². The van der Waals surface area contributed by atoms with Gasteiger partial charge in [-0.05, 0) is 31.0 Å². The minimum absolute atomic E-state index is 0.449. The van der Waals surface area contributed by atoms with Crippen LogP contribution in [0.25, 0.3) is 11.0 Å². The SMILES string of the molecule is COCc1nsc(N2CCC(c3ccc4cc(Cl)cnc4n3)CC2)n1. The maximum absolute atomic E-state index is 5.99. The first-order valence-electron chi connectivity index (χ1n) is 8.21. The first-order chi connectivity index (χ1) is 12.2. The van der Waals surface area contributed by atoms with E-state index in [1.165, 1.54) is 11.5 Å². The molecule has 0 aliphatic carbocycles. The molecule has 0 N–H and O–H groups in total. The largest absolute Gasteiger partial charge is 0.377 e. The van der Waals surface area contributed by atoms with Gasteiger partial charge in [0.2, 0.25) is 5.13 Å². The Labute approximate surface area is 155 Å². The summed E-state index contributed by atoms with van der Waals surface area (Å²) in [6, 6.07) is 6.06. The summed E-state index contributed by atoms with van der Waals surface area (Å²) in [7, 11) is 1.66. The zero-order valence-corrected chi connectivity index (χ0v) is 15.4. The highest BCUT2D eigenvalue weighted by molar-refractivity contribution is 7.09. The van der Waals surface area contributed by atoms with Gasteiger partial charge in [-0.3, -0.25) is 0 Å². The van der Waals surface area contributed by atoms with Gasteiger partial charge < -0.3 is 9.64 Å². The zero-order valence-electron chi connectivity index (χ0n) is 13.9. The predicted octanol–water partition coefficient (Wildman–Crippen LogP) is 3.67. The highest BCUT2D eigenvalue weighted by Crippen LogP contribution is 2.31. The number of piperidine rings is 1. The van der Waals surface area contributed by atoms with E-state index in [0.29, 0.717) is 17.5 Å². The highest BCUT2D eigenvalue weighted by Gasteiger charge is 2.24. The molecule has 0 unspecified atom stereocenters. The van der Waals surface area contributed by atoms with E-state index >= 15 is 0 Å². The number of ether oxygens (including phenoxy) is 1. The predicted molar refractivity (Wildman–Crippen MR) is 99.4 cm³/mol. The van der Waals surface area contributed by atoms with Crippen molar-refractivity contribution in [2.75, 3.05) is 25.1 Å². The number of aromatic nitrogens is 4. The summed E-state index contributed by atoms with van der Waals surface area (Å²) in [6.45, 7) is 2.38. The van der Waals surface area contributed by atoms with E-state index in [1.54, 1.807) is 13.3 Å². The molecule has 1 aliphatic heterocycles. The molecule has 1 fully saturated rings. The second-order valence-corrected chi connectivity index (χ2v) is 7.29. The maximum atomic E-state index is 5.99. The topological polar surface area (TPSA) is 64.0 Å². The second kappa shape index (κ2) is 7.19. The van der Waals surface area contributed by atoms with Crippen molar-refractivity contribution in [3.63, 3.8) is 0 Å². The average molecular weight is 376 g/mol. The molecule has 0 spiro atoms. The lowest BCUT2D eigenvalue weighted by atomic mass is 9.93. The van der Waals surface area contributed by atoms with E-state index in [0.717, 1.165) is 53.6 Å². The molecule has 0 radical (unpaired) electrons. The molecule has 6 nitrogen and oxygen atoms in total. The molecule has 1 aliphatic rings. The van der Waals surface area contributed by atoms with Crippen molar-refractivity contribution < 1.29 is 4.74 Å². The number of halogens is 1. The summed E-state index contributed by atoms with van der Waals surface area (Å²) in [5.74, 6) is 1.20. The first-order valence-corrected chi connectivity index (χ1v) is 9.37. The van der Waals surface area contributed by atoms with Crippen molar-refractivity contribution in [3.05, 3.63) is 40.9 Å². The lowest BCUT2D eigenvalue weighted by molar-refractivity contribution is 0.179. The lowest BCUT2D eigenvalue weighted by Crippen LogP contribution is -2.33. The molecule has 25 heavy (non-hydrogen) atoms. The van der Waals surface area contributed by atoms with Crippen LogP contribution in [0.5, 0.6) is 0 Å². The van der Waals surface area contributed by atoms with Crippen LogP contribution < -0.4 is 4.90 Å². The molecule has 3 aromatic heterocycles. The van der Waals surface area contributed by atoms with Crippen LogP contribution >= 0.6 is 23.1 Å². The van der Waals surface area contributed by atoms with Gasteiger partial charge in [-0.2, -0.15) is 4.37 Å². The fourth-order valence-corrected chi connectivity index (χ4v) is 4.04. The van der Waals surface area contributed by atoms with Gasteiger partial charge in [0.1, 0.15) is 6.61 Å². The number of pyridine rings is 2. The summed E-state index contributed by atoms with van der Waals surface area (Å²) in [5.41, 5.74) is 1.87. The van der Waals surface area contributed by atoms with E-state index in [2.05, 4.69) is 31.4 Å². The van der Waals surface area contributed by atoms with E-state index in [-0.39, 0.29) is 0 Å². The molecule has 0 atom stereocenters. The van der Waals surface area contributed by atoms with E-state index in [9.17, 15) is 0 Å². The summed E-state index contributed by atoms with van der Waals surface area (Å²) in [6.07, 6.45) is 3.74. The van der Waals surface area contributed by atoms with Crippen LogP contribution in [-0.4, -0.2) is 39.5 Å². The minimum atomic E-state index is 0.449. The van der Waals surface area contributed by atoms with Crippen molar-refractivity contribution >= 4 is 39.3 Å². The Kier molecular flexibility index (Phi) is 4.78. The molecular weight excluding hydrogens is 358 g/mol. The third kappa shape index (κ3) is 3.58. The van der Waals surface area contributed by atoms with Gasteiger partial charge in [0, 0.05) is 54.9 Å². The fraction of sp³-hybridized carbons (Fsp3) is 0.412.